The molecule has 0 aliphatic rings. The minimum Gasteiger partial charge on any atom is -0.372 e. The Morgan fingerprint density at radius 1 is 1.53 bits per heavy atom. The predicted octanol–water partition coefficient (Wildman–Crippen LogP) is 3.39. The van der Waals surface area contributed by atoms with Gasteiger partial charge in [-0.1, -0.05) is 20.3 Å². The molecule has 5 heteroatoms. The zero-order valence-electron chi connectivity index (χ0n) is 12.0. The van der Waals surface area contributed by atoms with Crippen molar-refractivity contribution in [3.8, 4) is 0 Å². The van der Waals surface area contributed by atoms with Crippen molar-refractivity contribution < 1.29 is 4.79 Å². The molecule has 106 valence electrons. The van der Waals surface area contributed by atoms with Gasteiger partial charge in [0.05, 0.1) is 5.56 Å². The molecule has 1 rings (SSSR count). The van der Waals surface area contributed by atoms with E-state index >= 15 is 0 Å². The van der Waals surface area contributed by atoms with Gasteiger partial charge in [-0.15, -0.1) is 0 Å². The standard InChI is InChI=1S/C14H22BrN3O/c1-5-10(3)9-18(6-2)14(19)12-7-11(15)8-17-13(12)16-4/h7-8,10H,5-6,9H2,1-4H3,(H,16,17). The summed E-state index contributed by atoms with van der Waals surface area (Å²) in [5.74, 6) is 1.15. The summed E-state index contributed by atoms with van der Waals surface area (Å²) in [4.78, 5) is 18.7. The van der Waals surface area contributed by atoms with Gasteiger partial charge in [-0.3, -0.25) is 4.79 Å². The van der Waals surface area contributed by atoms with E-state index < -0.39 is 0 Å². The molecule has 4 nitrogen and oxygen atoms in total. The molecule has 0 saturated carbocycles. The van der Waals surface area contributed by atoms with Crippen LogP contribution in [0.1, 0.15) is 37.6 Å². The molecule has 0 fully saturated rings. The quantitative estimate of drug-likeness (QED) is 0.871. The van der Waals surface area contributed by atoms with Gasteiger partial charge in [-0.05, 0) is 34.8 Å². The molecule has 19 heavy (non-hydrogen) atoms. The Bertz CT molecular complexity index is 437. The first-order valence-corrected chi connectivity index (χ1v) is 7.45. The van der Waals surface area contributed by atoms with Crippen LogP contribution in [0.2, 0.25) is 0 Å². The van der Waals surface area contributed by atoms with E-state index in [1.807, 2.05) is 17.9 Å². The van der Waals surface area contributed by atoms with Crippen molar-refractivity contribution in [1.82, 2.24) is 9.88 Å². The van der Waals surface area contributed by atoms with Crippen molar-refractivity contribution in [1.29, 1.82) is 0 Å². The Kier molecular flexibility index (Phi) is 6.28. The SMILES string of the molecule is CCC(C)CN(CC)C(=O)c1cc(Br)cnc1NC. The maximum Gasteiger partial charge on any atom is 0.257 e. The number of carbonyl (C=O) groups excluding carboxylic acids is 1. The van der Waals surface area contributed by atoms with Gasteiger partial charge in [0.15, 0.2) is 0 Å². The molecule has 0 aliphatic carbocycles. The number of nitrogens with zero attached hydrogens (tertiary/aromatic N) is 2. The summed E-state index contributed by atoms with van der Waals surface area (Å²) >= 11 is 3.37. The van der Waals surface area contributed by atoms with E-state index in [2.05, 4.69) is 40.1 Å². The highest BCUT2D eigenvalue weighted by Crippen LogP contribution is 2.20. The normalized spacial score (nSPS) is 12.1. The summed E-state index contributed by atoms with van der Waals surface area (Å²) in [6, 6.07) is 1.82. The number of halogens is 1. The van der Waals surface area contributed by atoms with Crippen molar-refractivity contribution in [3.63, 3.8) is 0 Å². The zero-order valence-corrected chi connectivity index (χ0v) is 13.6. The Balaban J connectivity index is 2.99. The molecule has 1 N–H and O–H groups in total. The number of nitrogens with one attached hydrogen (secondary N) is 1. The van der Waals surface area contributed by atoms with Gasteiger partial charge in [0.2, 0.25) is 0 Å². The van der Waals surface area contributed by atoms with E-state index in [9.17, 15) is 4.79 Å². The van der Waals surface area contributed by atoms with E-state index in [-0.39, 0.29) is 5.91 Å². The third kappa shape index (κ3) is 4.20. The van der Waals surface area contributed by atoms with E-state index in [0.29, 0.717) is 23.8 Å². The smallest absolute Gasteiger partial charge is 0.257 e. The summed E-state index contributed by atoms with van der Waals surface area (Å²) in [5.41, 5.74) is 0.613. The second-order valence-electron chi connectivity index (χ2n) is 4.66. The summed E-state index contributed by atoms with van der Waals surface area (Å²) in [6.07, 6.45) is 2.76. The van der Waals surface area contributed by atoms with Gasteiger partial charge < -0.3 is 10.2 Å². The molecule has 1 aromatic rings. The third-order valence-electron chi connectivity index (χ3n) is 3.22. The van der Waals surface area contributed by atoms with E-state index in [1.165, 1.54) is 0 Å². The first-order chi connectivity index (χ1) is 9.03. The first kappa shape index (κ1) is 16.0. The Morgan fingerprint density at radius 3 is 2.74 bits per heavy atom. The molecule has 1 aromatic heterocycles. The topological polar surface area (TPSA) is 45.2 Å². The van der Waals surface area contributed by atoms with Gasteiger partial charge in [0, 0.05) is 30.8 Å². The maximum absolute atomic E-state index is 12.6. The maximum atomic E-state index is 12.6. The van der Waals surface area contributed by atoms with Gasteiger partial charge in [0.25, 0.3) is 5.91 Å². The summed E-state index contributed by atoms with van der Waals surface area (Å²) < 4.78 is 0.814. The van der Waals surface area contributed by atoms with Crippen LogP contribution in [0.3, 0.4) is 0 Å². The highest BCUT2D eigenvalue weighted by molar-refractivity contribution is 9.10. The van der Waals surface area contributed by atoms with Crippen LogP contribution in [0.5, 0.6) is 0 Å². The van der Waals surface area contributed by atoms with Crippen LogP contribution in [0.15, 0.2) is 16.7 Å². The second kappa shape index (κ2) is 7.48. The first-order valence-electron chi connectivity index (χ1n) is 6.66. The molecule has 1 heterocycles. The van der Waals surface area contributed by atoms with Gasteiger partial charge in [-0.2, -0.15) is 0 Å². The van der Waals surface area contributed by atoms with Crippen LogP contribution >= 0.6 is 15.9 Å². The molecule has 1 unspecified atom stereocenters. The molecule has 0 aliphatic heterocycles. The number of pyridine rings is 1. The van der Waals surface area contributed by atoms with E-state index in [1.54, 1.807) is 13.2 Å². The number of hydrogen-bond donors (Lipinski definition) is 1. The third-order valence-corrected chi connectivity index (χ3v) is 3.65. The Hall–Kier alpha value is -1.10. The number of anilines is 1. The lowest BCUT2D eigenvalue weighted by atomic mass is 10.1. The average Bonchev–Trinajstić information content (AvgIpc) is 2.43. The predicted molar refractivity (Wildman–Crippen MR) is 82.5 cm³/mol. The fourth-order valence-corrected chi connectivity index (χ4v) is 2.16. The van der Waals surface area contributed by atoms with Crippen LogP contribution in [0, 0.1) is 5.92 Å². The van der Waals surface area contributed by atoms with Gasteiger partial charge in [-0.25, -0.2) is 4.98 Å². The van der Waals surface area contributed by atoms with Crippen LogP contribution in [0.4, 0.5) is 5.82 Å². The fourth-order valence-electron chi connectivity index (χ4n) is 1.83. The average molecular weight is 328 g/mol. The summed E-state index contributed by atoms with van der Waals surface area (Å²) in [7, 11) is 1.78. The number of aromatic nitrogens is 1. The lowest BCUT2D eigenvalue weighted by Crippen LogP contribution is -2.35. The molecule has 0 spiro atoms. The lowest BCUT2D eigenvalue weighted by Gasteiger charge is -2.25. The molecule has 0 aromatic carbocycles. The van der Waals surface area contributed by atoms with Crippen LogP contribution in [0.25, 0.3) is 0 Å². The minimum absolute atomic E-state index is 0.0287. The molecule has 0 saturated heterocycles. The van der Waals surface area contributed by atoms with Gasteiger partial charge in [0.1, 0.15) is 5.82 Å². The molecule has 1 atom stereocenters. The van der Waals surface area contributed by atoms with Crippen molar-refractivity contribution >= 4 is 27.7 Å². The Labute approximate surface area is 123 Å². The zero-order chi connectivity index (χ0) is 14.4. The van der Waals surface area contributed by atoms with Crippen LogP contribution in [-0.2, 0) is 0 Å². The number of amides is 1. The van der Waals surface area contributed by atoms with Crippen molar-refractivity contribution in [2.45, 2.75) is 27.2 Å². The molecule has 0 radical (unpaired) electrons. The number of carbonyl (C=O) groups is 1. The van der Waals surface area contributed by atoms with Crippen LogP contribution in [-0.4, -0.2) is 35.9 Å². The van der Waals surface area contributed by atoms with Crippen molar-refractivity contribution in [3.05, 3.63) is 22.3 Å². The minimum atomic E-state index is 0.0287. The fraction of sp³-hybridized carbons (Fsp3) is 0.571. The van der Waals surface area contributed by atoms with Crippen molar-refractivity contribution in [2.24, 2.45) is 5.92 Å². The summed E-state index contributed by atoms with van der Waals surface area (Å²) in [6.45, 7) is 7.79. The monoisotopic (exact) mass is 327 g/mol. The number of rotatable bonds is 6. The molecular weight excluding hydrogens is 306 g/mol. The Morgan fingerprint density at radius 2 is 2.21 bits per heavy atom. The molecule has 1 amide bonds. The van der Waals surface area contributed by atoms with E-state index in [4.69, 9.17) is 0 Å². The highest BCUT2D eigenvalue weighted by atomic mass is 79.9. The second-order valence-corrected chi connectivity index (χ2v) is 5.57. The summed E-state index contributed by atoms with van der Waals surface area (Å²) in [5, 5.41) is 2.97. The molecule has 0 bridgehead atoms. The van der Waals surface area contributed by atoms with Crippen molar-refractivity contribution in [2.75, 3.05) is 25.5 Å². The number of hydrogen-bond acceptors (Lipinski definition) is 3. The van der Waals surface area contributed by atoms with Crippen LogP contribution < -0.4 is 5.32 Å². The van der Waals surface area contributed by atoms with Gasteiger partial charge >= 0.3 is 0 Å². The highest BCUT2D eigenvalue weighted by Gasteiger charge is 2.20. The van der Waals surface area contributed by atoms with E-state index in [0.717, 1.165) is 17.4 Å². The lowest BCUT2D eigenvalue weighted by molar-refractivity contribution is 0.0741. The molecular formula is C14H22BrN3O. The largest absolute Gasteiger partial charge is 0.372 e.